The topological polar surface area (TPSA) is 108 Å². The standard InChI is InChI=1S/C24H21N5O4S/c1-32-20-8-4-7-19(15-20)24-27-26-22-11-12-23(28-29(22)24)33-14-13-25-34(30,31)21-10-9-17-5-2-3-6-18(17)16-21/h2-12,15-16,25H,13-14H2,1H3. The lowest BCUT2D eigenvalue weighted by molar-refractivity contribution is 0.306. The molecule has 0 saturated heterocycles. The third-order valence-corrected chi connectivity index (χ3v) is 6.70. The predicted molar refractivity (Wildman–Crippen MR) is 127 cm³/mol. The van der Waals surface area contributed by atoms with Gasteiger partial charge in [-0.3, -0.25) is 0 Å². The lowest BCUT2D eigenvalue weighted by Crippen LogP contribution is -2.28. The molecule has 0 saturated carbocycles. The fourth-order valence-electron chi connectivity index (χ4n) is 3.54. The molecule has 0 aliphatic rings. The fourth-order valence-corrected chi connectivity index (χ4v) is 4.59. The van der Waals surface area contributed by atoms with E-state index in [1.165, 1.54) is 0 Å². The van der Waals surface area contributed by atoms with Gasteiger partial charge < -0.3 is 9.47 Å². The molecule has 2 heterocycles. The molecule has 10 heteroatoms. The molecule has 0 radical (unpaired) electrons. The van der Waals surface area contributed by atoms with Crippen LogP contribution in [-0.4, -0.2) is 48.5 Å². The summed E-state index contributed by atoms with van der Waals surface area (Å²) in [5, 5.41) is 14.6. The molecule has 0 bridgehead atoms. The molecule has 3 aromatic carbocycles. The summed E-state index contributed by atoms with van der Waals surface area (Å²) in [5.74, 6) is 1.55. The van der Waals surface area contributed by atoms with Gasteiger partial charge >= 0.3 is 0 Å². The number of aromatic nitrogens is 4. The number of rotatable bonds is 8. The van der Waals surface area contributed by atoms with Crippen LogP contribution < -0.4 is 14.2 Å². The summed E-state index contributed by atoms with van der Waals surface area (Å²) in [5.41, 5.74) is 1.35. The Labute approximate surface area is 196 Å². The Morgan fingerprint density at radius 1 is 0.912 bits per heavy atom. The van der Waals surface area contributed by atoms with Crippen LogP contribution in [-0.2, 0) is 10.0 Å². The molecule has 0 spiro atoms. The minimum Gasteiger partial charge on any atom is -0.497 e. The van der Waals surface area contributed by atoms with Crippen molar-refractivity contribution in [1.82, 2.24) is 24.5 Å². The highest BCUT2D eigenvalue weighted by atomic mass is 32.2. The summed E-state index contributed by atoms with van der Waals surface area (Å²) in [4.78, 5) is 0.207. The van der Waals surface area contributed by atoms with E-state index in [9.17, 15) is 8.42 Å². The van der Waals surface area contributed by atoms with Crippen molar-refractivity contribution in [3.63, 3.8) is 0 Å². The Bertz CT molecular complexity index is 1580. The highest BCUT2D eigenvalue weighted by Crippen LogP contribution is 2.23. The number of sulfonamides is 1. The number of hydrogen-bond donors (Lipinski definition) is 1. The van der Waals surface area contributed by atoms with Crippen LogP contribution in [0.2, 0.25) is 0 Å². The van der Waals surface area contributed by atoms with Crippen LogP contribution in [0.1, 0.15) is 0 Å². The maximum Gasteiger partial charge on any atom is 0.240 e. The van der Waals surface area contributed by atoms with Crippen molar-refractivity contribution in [3.05, 3.63) is 78.9 Å². The number of fused-ring (bicyclic) bond motifs is 2. The zero-order chi connectivity index (χ0) is 23.5. The molecule has 0 aliphatic heterocycles. The van der Waals surface area contributed by atoms with E-state index in [0.717, 1.165) is 16.3 Å². The molecule has 9 nitrogen and oxygen atoms in total. The zero-order valence-electron chi connectivity index (χ0n) is 18.2. The largest absolute Gasteiger partial charge is 0.497 e. The Hall–Kier alpha value is -4.02. The van der Waals surface area contributed by atoms with Crippen molar-refractivity contribution in [3.8, 4) is 23.0 Å². The van der Waals surface area contributed by atoms with Crippen molar-refractivity contribution in [2.45, 2.75) is 4.90 Å². The van der Waals surface area contributed by atoms with Gasteiger partial charge in [0, 0.05) is 18.2 Å². The van der Waals surface area contributed by atoms with Crippen LogP contribution in [0.3, 0.4) is 0 Å². The van der Waals surface area contributed by atoms with Gasteiger partial charge in [-0.15, -0.1) is 15.3 Å². The number of methoxy groups -OCH3 is 1. The quantitative estimate of drug-likeness (QED) is 0.343. The van der Waals surface area contributed by atoms with Crippen LogP contribution in [0.15, 0.2) is 83.8 Å². The Balaban J connectivity index is 1.26. The molecule has 2 aromatic heterocycles. The van der Waals surface area contributed by atoms with Crippen LogP contribution in [0.4, 0.5) is 0 Å². The summed E-state index contributed by atoms with van der Waals surface area (Å²) in [6, 6.07) is 23.5. The molecular formula is C24H21N5O4S. The van der Waals surface area contributed by atoms with E-state index >= 15 is 0 Å². The second-order valence-corrected chi connectivity index (χ2v) is 9.22. The van der Waals surface area contributed by atoms with Crippen molar-refractivity contribution >= 4 is 26.4 Å². The maximum absolute atomic E-state index is 12.7. The lowest BCUT2D eigenvalue weighted by atomic mass is 10.1. The molecule has 0 atom stereocenters. The molecule has 0 fully saturated rings. The molecular weight excluding hydrogens is 454 g/mol. The third kappa shape index (κ3) is 4.41. The monoisotopic (exact) mass is 475 g/mol. The molecule has 5 aromatic rings. The lowest BCUT2D eigenvalue weighted by Gasteiger charge is -2.09. The summed E-state index contributed by atoms with van der Waals surface area (Å²) < 4.78 is 40.4. The number of nitrogens with zero attached hydrogens (tertiary/aromatic N) is 4. The van der Waals surface area contributed by atoms with Gasteiger partial charge in [-0.25, -0.2) is 13.1 Å². The van der Waals surface area contributed by atoms with E-state index in [4.69, 9.17) is 9.47 Å². The van der Waals surface area contributed by atoms with Crippen molar-refractivity contribution < 1.29 is 17.9 Å². The first kappa shape index (κ1) is 21.8. The number of nitrogens with one attached hydrogen (secondary N) is 1. The first-order chi connectivity index (χ1) is 16.5. The van der Waals surface area contributed by atoms with Gasteiger partial charge in [-0.1, -0.05) is 42.5 Å². The highest BCUT2D eigenvalue weighted by molar-refractivity contribution is 7.89. The van der Waals surface area contributed by atoms with Crippen LogP contribution in [0.25, 0.3) is 27.8 Å². The first-order valence-electron chi connectivity index (χ1n) is 10.5. The average Bonchev–Trinajstić information content (AvgIpc) is 3.30. The molecule has 172 valence electrons. The predicted octanol–water partition coefficient (Wildman–Crippen LogP) is 3.31. The minimum atomic E-state index is -3.67. The molecule has 0 unspecified atom stereocenters. The van der Waals surface area contributed by atoms with Crippen molar-refractivity contribution in [2.24, 2.45) is 0 Å². The molecule has 1 N–H and O–H groups in total. The van der Waals surface area contributed by atoms with Gasteiger partial charge in [0.05, 0.1) is 12.0 Å². The average molecular weight is 476 g/mol. The SMILES string of the molecule is COc1cccc(-c2nnc3ccc(OCCNS(=O)(=O)c4ccc5ccccc5c4)nn23)c1. The van der Waals surface area contributed by atoms with Crippen LogP contribution >= 0.6 is 0 Å². The van der Waals surface area contributed by atoms with Crippen LogP contribution in [0, 0.1) is 0 Å². The molecule has 34 heavy (non-hydrogen) atoms. The number of ether oxygens (including phenoxy) is 2. The third-order valence-electron chi connectivity index (χ3n) is 5.24. The van der Waals surface area contributed by atoms with E-state index < -0.39 is 10.0 Å². The second-order valence-electron chi connectivity index (χ2n) is 7.45. The van der Waals surface area contributed by atoms with Gasteiger partial charge in [0.2, 0.25) is 15.9 Å². The first-order valence-corrected chi connectivity index (χ1v) is 12.0. The van der Waals surface area contributed by atoms with Gasteiger partial charge in [-0.2, -0.15) is 4.52 Å². The Kier molecular flexibility index (Phi) is 5.83. The van der Waals surface area contributed by atoms with E-state index in [1.54, 1.807) is 42.0 Å². The smallest absolute Gasteiger partial charge is 0.240 e. The van der Waals surface area contributed by atoms with Gasteiger partial charge in [0.25, 0.3) is 0 Å². The highest BCUT2D eigenvalue weighted by Gasteiger charge is 2.15. The van der Waals surface area contributed by atoms with E-state index in [-0.39, 0.29) is 18.0 Å². The molecule has 0 aliphatic carbocycles. The van der Waals surface area contributed by atoms with Gasteiger partial charge in [0.15, 0.2) is 11.5 Å². The number of benzene rings is 3. The molecule has 0 amide bonds. The molecule has 5 rings (SSSR count). The minimum absolute atomic E-state index is 0.0831. The van der Waals surface area contributed by atoms with Crippen molar-refractivity contribution in [1.29, 1.82) is 0 Å². The maximum atomic E-state index is 12.7. The van der Waals surface area contributed by atoms with E-state index in [2.05, 4.69) is 20.0 Å². The van der Waals surface area contributed by atoms with Crippen molar-refractivity contribution in [2.75, 3.05) is 20.3 Å². The van der Waals surface area contributed by atoms with Gasteiger partial charge in [-0.05, 0) is 41.1 Å². The summed E-state index contributed by atoms with van der Waals surface area (Å²) in [6.07, 6.45) is 0. The second kappa shape index (κ2) is 9.08. The zero-order valence-corrected chi connectivity index (χ0v) is 19.1. The normalized spacial score (nSPS) is 11.7. The van der Waals surface area contributed by atoms with Gasteiger partial charge in [0.1, 0.15) is 12.4 Å². The van der Waals surface area contributed by atoms with Crippen LogP contribution in [0.5, 0.6) is 11.6 Å². The Morgan fingerprint density at radius 3 is 2.62 bits per heavy atom. The summed E-state index contributed by atoms with van der Waals surface area (Å²) in [6.45, 7) is 0.182. The summed E-state index contributed by atoms with van der Waals surface area (Å²) >= 11 is 0. The summed E-state index contributed by atoms with van der Waals surface area (Å²) in [7, 11) is -2.07. The van der Waals surface area contributed by atoms with E-state index in [0.29, 0.717) is 23.1 Å². The Morgan fingerprint density at radius 2 is 1.76 bits per heavy atom. The number of hydrogen-bond acceptors (Lipinski definition) is 7. The fraction of sp³-hybridized carbons (Fsp3) is 0.125. The van der Waals surface area contributed by atoms with E-state index in [1.807, 2.05) is 48.5 Å².